The van der Waals surface area contributed by atoms with Gasteiger partial charge in [-0.1, -0.05) is 27.7 Å². The minimum Gasteiger partial charge on any atom is -0.389 e. The molecule has 3 nitrogen and oxygen atoms in total. The Bertz CT molecular complexity index is 134. The van der Waals surface area contributed by atoms with Crippen LogP contribution in [-0.2, 0) is 4.43 Å². The molecular weight excluding hydrogens is 192 g/mol. The molecule has 0 aliphatic heterocycles. The molecule has 14 heavy (non-hydrogen) atoms. The highest BCUT2D eigenvalue weighted by atomic mass is 28.4. The van der Waals surface area contributed by atoms with Crippen LogP contribution in [0, 0.1) is 0 Å². The van der Waals surface area contributed by atoms with Crippen molar-refractivity contribution in [2.75, 3.05) is 0 Å². The lowest BCUT2D eigenvalue weighted by Crippen LogP contribution is -2.66. The van der Waals surface area contributed by atoms with Crippen molar-refractivity contribution in [3.05, 3.63) is 0 Å². The molecule has 0 radical (unpaired) electrons. The van der Waals surface area contributed by atoms with E-state index in [1.807, 2.05) is 0 Å². The Morgan fingerprint density at radius 1 is 0.857 bits per heavy atom. The predicted octanol–water partition coefficient (Wildman–Crippen LogP) is 1.98. The lowest BCUT2D eigenvalue weighted by molar-refractivity contribution is 0.209. The summed E-state index contributed by atoms with van der Waals surface area (Å²) >= 11 is 0. The van der Waals surface area contributed by atoms with E-state index in [4.69, 9.17) is 4.43 Å². The fourth-order valence-corrected chi connectivity index (χ4v) is 5.05. The van der Waals surface area contributed by atoms with Gasteiger partial charge in [0, 0.05) is 6.10 Å². The van der Waals surface area contributed by atoms with Crippen LogP contribution in [0.15, 0.2) is 0 Å². The Labute approximate surface area is 89.9 Å². The van der Waals surface area contributed by atoms with Gasteiger partial charge < -0.3 is 14.4 Å². The molecule has 4 heteroatoms. The lowest BCUT2D eigenvalue weighted by atomic mass is 10.4. The second-order valence-corrected chi connectivity index (χ2v) is 7.68. The first-order valence-corrected chi connectivity index (χ1v) is 7.89. The number of rotatable bonds is 6. The van der Waals surface area contributed by atoms with Gasteiger partial charge in [-0.05, 0) is 32.5 Å². The van der Waals surface area contributed by atoms with E-state index >= 15 is 0 Å². The van der Waals surface area contributed by atoms with Gasteiger partial charge in [-0.2, -0.15) is 0 Å². The van der Waals surface area contributed by atoms with Crippen LogP contribution in [0.3, 0.4) is 0 Å². The summed E-state index contributed by atoms with van der Waals surface area (Å²) in [5, 5.41) is 0. The van der Waals surface area contributed by atoms with Gasteiger partial charge in [0.25, 0.3) is 0 Å². The van der Waals surface area contributed by atoms with Gasteiger partial charge in [0.15, 0.2) is 0 Å². The van der Waals surface area contributed by atoms with Crippen molar-refractivity contribution < 1.29 is 4.43 Å². The molecular formula is C10H26N2OSi. The topological polar surface area (TPSA) is 33.3 Å². The zero-order chi connectivity index (χ0) is 11.4. The van der Waals surface area contributed by atoms with Gasteiger partial charge in [-0.3, -0.25) is 0 Å². The van der Waals surface area contributed by atoms with E-state index in [1.54, 1.807) is 0 Å². The van der Waals surface area contributed by atoms with Gasteiger partial charge >= 0.3 is 8.64 Å². The van der Waals surface area contributed by atoms with E-state index in [1.165, 1.54) is 0 Å². The fraction of sp³-hybridized carbons (Fsp3) is 1.00. The zero-order valence-corrected chi connectivity index (χ0v) is 11.6. The minimum absolute atomic E-state index is 0.268. The third-order valence-electron chi connectivity index (χ3n) is 1.60. The van der Waals surface area contributed by atoms with Crippen molar-refractivity contribution >= 4 is 8.64 Å². The summed E-state index contributed by atoms with van der Waals surface area (Å²) in [6, 6.07) is 0.910. The van der Waals surface area contributed by atoms with Crippen molar-refractivity contribution in [2.45, 2.75) is 66.3 Å². The normalized spacial score (nSPS) is 13.3. The molecule has 0 aliphatic rings. The third kappa shape index (κ3) is 6.54. The predicted molar refractivity (Wildman–Crippen MR) is 64.4 cm³/mol. The molecule has 0 aromatic rings. The van der Waals surface area contributed by atoms with Gasteiger partial charge in [-0.25, -0.2) is 0 Å². The molecule has 0 rings (SSSR count). The molecule has 0 amide bonds. The third-order valence-corrected chi connectivity index (χ3v) is 4.80. The van der Waals surface area contributed by atoms with E-state index in [2.05, 4.69) is 58.1 Å². The Kier molecular flexibility index (Phi) is 5.89. The Balaban J connectivity index is 4.32. The summed E-state index contributed by atoms with van der Waals surface area (Å²) in [6.45, 7) is 14.9. The number of hydrogen-bond donors (Lipinski definition) is 2. The van der Waals surface area contributed by atoms with Gasteiger partial charge in [-0.15, -0.1) is 0 Å². The quantitative estimate of drug-likeness (QED) is 0.669. The van der Waals surface area contributed by atoms with Crippen LogP contribution in [0.4, 0.5) is 0 Å². The standard InChI is InChI=1S/C10H26N2OSi/c1-8(2)11-14(7,12-9(3)4)13-10(5)6/h8-12H,1-7H3. The fourth-order valence-electron chi connectivity index (χ4n) is 1.68. The summed E-state index contributed by atoms with van der Waals surface area (Å²) in [5.41, 5.74) is 0. The molecule has 0 bridgehead atoms. The smallest absolute Gasteiger partial charge is 0.349 e. The second-order valence-electron chi connectivity index (χ2n) is 4.80. The molecule has 0 aromatic carbocycles. The van der Waals surface area contributed by atoms with Crippen LogP contribution in [-0.4, -0.2) is 26.8 Å². The maximum Gasteiger partial charge on any atom is 0.349 e. The van der Waals surface area contributed by atoms with E-state index in [-0.39, 0.29) is 6.10 Å². The summed E-state index contributed by atoms with van der Waals surface area (Å²) in [6.07, 6.45) is 0.268. The molecule has 86 valence electrons. The van der Waals surface area contributed by atoms with Crippen LogP contribution in [0.25, 0.3) is 0 Å². The molecule has 0 fully saturated rings. The monoisotopic (exact) mass is 218 g/mol. The number of nitrogens with one attached hydrogen (secondary N) is 2. The van der Waals surface area contributed by atoms with Crippen molar-refractivity contribution in [1.82, 2.24) is 9.96 Å². The van der Waals surface area contributed by atoms with Gasteiger partial charge in [0.05, 0.1) is 0 Å². The highest BCUT2D eigenvalue weighted by Crippen LogP contribution is 2.04. The second kappa shape index (κ2) is 5.85. The average Bonchev–Trinajstić information content (AvgIpc) is 1.76. The Hall–Kier alpha value is 0.0969. The summed E-state index contributed by atoms with van der Waals surface area (Å²) in [4.78, 5) is 7.05. The van der Waals surface area contributed by atoms with E-state index in [0.29, 0.717) is 12.1 Å². The van der Waals surface area contributed by atoms with Gasteiger partial charge in [0.2, 0.25) is 0 Å². The maximum atomic E-state index is 5.98. The molecule has 2 N–H and O–H groups in total. The largest absolute Gasteiger partial charge is 0.389 e. The van der Waals surface area contributed by atoms with Crippen molar-refractivity contribution in [2.24, 2.45) is 0 Å². The lowest BCUT2D eigenvalue weighted by Gasteiger charge is -2.34. The molecule has 0 aliphatic carbocycles. The average molecular weight is 218 g/mol. The highest BCUT2D eigenvalue weighted by Gasteiger charge is 2.32. The van der Waals surface area contributed by atoms with E-state index < -0.39 is 8.64 Å². The van der Waals surface area contributed by atoms with Crippen molar-refractivity contribution in [1.29, 1.82) is 0 Å². The summed E-state index contributed by atoms with van der Waals surface area (Å²) in [5.74, 6) is 0. The first-order valence-electron chi connectivity index (χ1n) is 5.48. The minimum atomic E-state index is -1.94. The van der Waals surface area contributed by atoms with Crippen LogP contribution >= 0.6 is 0 Å². The number of hydrogen-bond acceptors (Lipinski definition) is 3. The first-order chi connectivity index (χ1) is 6.25. The molecule has 0 unspecified atom stereocenters. The Morgan fingerprint density at radius 3 is 1.43 bits per heavy atom. The van der Waals surface area contributed by atoms with Crippen LogP contribution < -0.4 is 9.96 Å². The molecule has 0 saturated carbocycles. The molecule has 0 spiro atoms. The van der Waals surface area contributed by atoms with Crippen LogP contribution in [0.2, 0.25) is 6.55 Å². The first kappa shape index (κ1) is 14.1. The van der Waals surface area contributed by atoms with Crippen molar-refractivity contribution in [3.63, 3.8) is 0 Å². The summed E-state index contributed by atoms with van der Waals surface area (Å²) in [7, 11) is -1.94. The van der Waals surface area contributed by atoms with E-state index in [0.717, 1.165) is 0 Å². The van der Waals surface area contributed by atoms with Crippen LogP contribution in [0.5, 0.6) is 0 Å². The maximum absolute atomic E-state index is 5.98. The van der Waals surface area contributed by atoms with Crippen LogP contribution in [0.1, 0.15) is 41.5 Å². The molecule has 0 aromatic heterocycles. The summed E-state index contributed by atoms with van der Waals surface area (Å²) < 4.78 is 5.98. The molecule has 0 heterocycles. The Morgan fingerprint density at radius 2 is 1.21 bits per heavy atom. The molecule has 0 atom stereocenters. The van der Waals surface area contributed by atoms with E-state index in [9.17, 15) is 0 Å². The highest BCUT2D eigenvalue weighted by molar-refractivity contribution is 6.67. The zero-order valence-electron chi connectivity index (χ0n) is 10.6. The SMILES string of the molecule is CC(C)N[Si](C)(NC(C)C)OC(C)C. The van der Waals surface area contributed by atoms with Gasteiger partial charge in [0.1, 0.15) is 0 Å². The molecule has 0 saturated heterocycles. The van der Waals surface area contributed by atoms with Crippen molar-refractivity contribution in [3.8, 4) is 0 Å².